The molecule has 0 fully saturated rings. The maximum absolute atomic E-state index is 12.6. The van der Waals surface area contributed by atoms with E-state index in [-0.39, 0.29) is 19.4 Å². The van der Waals surface area contributed by atoms with Crippen LogP contribution in [0.5, 0.6) is 0 Å². The highest BCUT2D eigenvalue weighted by Gasteiger charge is 2.28. The van der Waals surface area contributed by atoms with E-state index in [2.05, 4.69) is 91.3 Å². The topological polar surface area (TPSA) is 172 Å². The SMILES string of the molecule is CCCCC/C=C\C/C=C\C/C=C\CCCCCCC(=O)OC[C@H](COP(=O)(O)OC[C@H](N)C(=O)O)OC(=O)CCCCCC/C=C\C/C=C\C/C=C\CCCCC. The summed E-state index contributed by atoms with van der Waals surface area (Å²) in [5, 5.41) is 8.89. The van der Waals surface area contributed by atoms with E-state index in [1.807, 2.05) is 0 Å². The number of ether oxygens (including phenoxy) is 2. The van der Waals surface area contributed by atoms with Crippen LogP contribution < -0.4 is 5.73 Å². The summed E-state index contributed by atoms with van der Waals surface area (Å²) >= 11 is 0. The van der Waals surface area contributed by atoms with Gasteiger partial charge in [-0.3, -0.25) is 23.4 Å². The van der Waals surface area contributed by atoms with Crippen LogP contribution in [0, 0.1) is 0 Å². The number of carboxylic acids is 1. The molecule has 58 heavy (non-hydrogen) atoms. The second-order valence-corrected chi connectivity index (χ2v) is 15.9. The predicted octanol–water partition coefficient (Wildman–Crippen LogP) is 11.7. The van der Waals surface area contributed by atoms with Crippen molar-refractivity contribution < 1.29 is 47.5 Å². The van der Waals surface area contributed by atoms with Gasteiger partial charge in [-0.25, -0.2) is 4.57 Å². The molecular formula is C46H78NO10P. The smallest absolute Gasteiger partial charge is 0.472 e. The average Bonchev–Trinajstić information content (AvgIpc) is 3.20. The molecule has 11 nitrogen and oxygen atoms in total. The molecule has 0 heterocycles. The van der Waals surface area contributed by atoms with Gasteiger partial charge in [0.25, 0.3) is 0 Å². The molecule has 0 aromatic heterocycles. The Morgan fingerprint density at radius 3 is 1.34 bits per heavy atom. The maximum atomic E-state index is 12.6. The fraction of sp³-hybridized carbons (Fsp3) is 0.674. The van der Waals surface area contributed by atoms with Crippen LogP contribution in [-0.4, -0.2) is 59.9 Å². The number of allylic oxidation sites excluding steroid dienone is 12. The first kappa shape index (κ1) is 54.9. The molecule has 12 heteroatoms. The van der Waals surface area contributed by atoms with Crippen LogP contribution in [0.25, 0.3) is 0 Å². The van der Waals surface area contributed by atoms with Crippen LogP contribution in [0.3, 0.4) is 0 Å². The second kappa shape index (κ2) is 40.7. The van der Waals surface area contributed by atoms with Crippen LogP contribution in [0.1, 0.15) is 168 Å². The van der Waals surface area contributed by atoms with Crippen LogP contribution >= 0.6 is 7.82 Å². The Morgan fingerprint density at radius 2 is 0.914 bits per heavy atom. The number of phosphoric ester groups is 1. The number of phosphoric acid groups is 1. The van der Waals surface area contributed by atoms with Gasteiger partial charge in [0.05, 0.1) is 13.2 Å². The first-order valence-electron chi connectivity index (χ1n) is 22.0. The molecule has 0 saturated heterocycles. The zero-order valence-corrected chi connectivity index (χ0v) is 36.8. The predicted molar refractivity (Wildman–Crippen MR) is 235 cm³/mol. The number of carbonyl (C=O) groups excluding carboxylic acids is 2. The summed E-state index contributed by atoms with van der Waals surface area (Å²) in [6.45, 7) is 2.69. The molecule has 0 aromatic carbocycles. The number of rotatable bonds is 40. The highest BCUT2D eigenvalue weighted by molar-refractivity contribution is 7.47. The van der Waals surface area contributed by atoms with Crippen LogP contribution in [0.15, 0.2) is 72.9 Å². The molecule has 0 saturated carbocycles. The number of hydrogen-bond acceptors (Lipinski definition) is 9. The van der Waals surface area contributed by atoms with Gasteiger partial charge in [0.2, 0.25) is 0 Å². The van der Waals surface area contributed by atoms with E-state index < -0.39 is 51.1 Å². The molecule has 0 amide bonds. The van der Waals surface area contributed by atoms with Crippen LogP contribution in [0.2, 0.25) is 0 Å². The summed E-state index contributed by atoms with van der Waals surface area (Å²) in [4.78, 5) is 46.0. The minimum absolute atomic E-state index is 0.127. The zero-order chi connectivity index (χ0) is 42.8. The van der Waals surface area contributed by atoms with Crippen LogP contribution in [0.4, 0.5) is 0 Å². The summed E-state index contributed by atoms with van der Waals surface area (Å²) < 4.78 is 32.7. The lowest BCUT2D eigenvalue weighted by molar-refractivity contribution is -0.161. The van der Waals surface area contributed by atoms with Gasteiger partial charge in [-0.2, -0.15) is 0 Å². The number of esters is 2. The lowest BCUT2D eigenvalue weighted by Crippen LogP contribution is -2.34. The first-order chi connectivity index (χ1) is 28.1. The fourth-order valence-corrected chi connectivity index (χ4v) is 6.21. The van der Waals surface area contributed by atoms with Gasteiger partial charge < -0.3 is 25.2 Å². The van der Waals surface area contributed by atoms with E-state index >= 15 is 0 Å². The number of carbonyl (C=O) groups is 3. The Bertz CT molecular complexity index is 1260. The first-order valence-corrected chi connectivity index (χ1v) is 23.5. The molecule has 0 aliphatic rings. The van der Waals surface area contributed by atoms with E-state index in [1.165, 1.54) is 38.5 Å². The van der Waals surface area contributed by atoms with Gasteiger partial charge in [-0.1, -0.05) is 138 Å². The number of nitrogens with two attached hydrogens (primary N) is 1. The van der Waals surface area contributed by atoms with Crippen molar-refractivity contribution in [3.63, 3.8) is 0 Å². The molecule has 0 rings (SSSR count). The van der Waals surface area contributed by atoms with E-state index in [1.54, 1.807) is 0 Å². The molecule has 0 aromatic rings. The quantitative estimate of drug-likeness (QED) is 0.0232. The molecule has 0 aliphatic heterocycles. The second-order valence-electron chi connectivity index (χ2n) is 14.5. The van der Waals surface area contributed by atoms with E-state index in [9.17, 15) is 23.8 Å². The summed E-state index contributed by atoms with van der Waals surface area (Å²) in [6, 6.07) is -1.53. The maximum Gasteiger partial charge on any atom is 0.472 e. The molecule has 0 spiro atoms. The Hall–Kier alpha value is -3.08. The van der Waals surface area contributed by atoms with Crippen molar-refractivity contribution in [2.24, 2.45) is 5.73 Å². The molecule has 0 bridgehead atoms. The molecule has 1 unspecified atom stereocenters. The summed E-state index contributed by atoms with van der Waals surface area (Å²) in [7, 11) is -4.73. The van der Waals surface area contributed by atoms with Crippen molar-refractivity contribution in [2.75, 3.05) is 19.8 Å². The largest absolute Gasteiger partial charge is 0.480 e. The third-order valence-electron chi connectivity index (χ3n) is 8.93. The van der Waals surface area contributed by atoms with Crippen molar-refractivity contribution in [2.45, 2.75) is 180 Å². The van der Waals surface area contributed by atoms with Crippen LogP contribution in [-0.2, 0) is 37.5 Å². The van der Waals surface area contributed by atoms with Crippen molar-refractivity contribution in [3.8, 4) is 0 Å². The van der Waals surface area contributed by atoms with Crippen molar-refractivity contribution in [3.05, 3.63) is 72.9 Å². The van der Waals surface area contributed by atoms with Gasteiger partial charge in [0.1, 0.15) is 12.6 Å². The van der Waals surface area contributed by atoms with Gasteiger partial charge >= 0.3 is 25.7 Å². The van der Waals surface area contributed by atoms with E-state index in [4.69, 9.17) is 24.8 Å². The highest BCUT2D eigenvalue weighted by atomic mass is 31.2. The molecular weight excluding hydrogens is 757 g/mol. The Morgan fingerprint density at radius 1 is 0.534 bits per heavy atom. The molecule has 3 atom stereocenters. The number of aliphatic carboxylic acids is 1. The Balaban J connectivity index is 4.47. The Kier molecular flexibility index (Phi) is 38.5. The highest BCUT2D eigenvalue weighted by Crippen LogP contribution is 2.43. The average molecular weight is 836 g/mol. The Labute approximate surface area is 350 Å². The summed E-state index contributed by atoms with van der Waals surface area (Å²) in [5.41, 5.74) is 5.33. The van der Waals surface area contributed by atoms with Crippen molar-refractivity contribution in [1.82, 2.24) is 0 Å². The minimum Gasteiger partial charge on any atom is -0.480 e. The summed E-state index contributed by atoms with van der Waals surface area (Å²) in [6.07, 6.45) is 48.1. The monoisotopic (exact) mass is 836 g/mol. The van der Waals surface area contributed by atoms with Gasteiger partial charge in [0.15, 0.2) is 6.10 Å². The number of hydrogen-bond donors (Lipinski definition) is 3. The van der Waals surface area contributed by atoms with E-state index in [0.29, 0.717) is 12.8 Å². The third kappa shape index (κ3) is 39.7. The standard InChI is InChI=1S/C46H78NO10P/c1-3-5-7-9-11-13-15-17-19-21-23-25-27-29-31-33-35-37-44(48)54-39-42(40-55-58(52,53)56-41-43(47)46(50)51)57-45(49)38-36-34-32-30-28-26-24-22-20-18-16-14-12-10-8-6-4-2/h11-14,17-20,23-26,42-43H,3-10,15-16,21-22,27-41,47H2,1-2H3,(H,50,51)(H,52,53)/b13-11-,14-12-,19-17-,20-18-,25-23-,26-24-/t42-,43+/m1/s1. The van der Waals surface area contributed by atoms with Crippen molar-refractivity contribution >= 4 is 25.7 Å². The number of unbranched alkanes of at least 4 members (excludes halogenated alkanes) is 14. The molecule has 332 valence electrons. The lowest BCUT2D eigenvalue weighted by atomic mass is 10.1. The van der Waals surface area contributed by atoms with Gasteiger partial charge in [-0.05, 0) is 89.9 Å². The fourth-order valence-electron chi connectivity index (χ4n) is 5.43. The van der Waals surface area contributed by atoms with E-state index in [0.717, 1.165) is 89.9 Å². The molecule has 0 aliphatic carbocycles. The summed E-state index contributed by atoms with van der Waals surface area (Å²) in [5.74, 6) is -2.44. The lowest BCUT2D eigenvalue weighted by Gasteiger charge is -2.20. The third-order valence-corrected chi connectivity index (χ3v) is 9.88. The zero-order valence-electron chi connectivity index (χ0n) is 35.9. The van der Waals surface area contributed by atoms with Gasteiger partial charge in [-0.15, -0.1) is 0 Å². The number of carboxylic acid groups (broad SMARTS) is 1. The molecule has 0 radical (unpaired) electrons. The van der Waals surface area contributed by atoms with Crippen molar-refractivity contribution in [1.29, 1.82) is 0 Å². The minimum atomic E-state index is -4.73. The van der Waals surface area contributed by atoms with Gasteiger partial charge in [0, 0.05) is 12.8 Å². The normalized spacial score (nSPS) is 14.4. The molecule has 4 N–H and O–H groups in total.